The van der Waals surface area contributed by atoms with Crippen molar-refractivity contribution in [3.8, 4) is 0 Å². The van der Waals surface area contributed by atoms with Gasteiger partial charge in [-0.3, -0.25) is 9.10 Å². The summed E-state index contributed by atoms with van der Waals surface area (Å²) in [6, 6.07) is 20.4. The van der Waals surface area contributed by atoms with Crippen molar-refractivity contribution in [2.45, 2.75) is 45.7 Å². The Bertz CT molecular complexity index is 1300. The summed E-state index contributed by atoms with van der Waals surface area (Å²) in [6.07, 6.45) is 0. The minimum Gasteiger partial charge on any atom is -0.346 e. The van der Waals surface area contributed by atoms with Gasteiger partial charge in [0.1, 0.15) is 5.82 Å². The van der Waals surface area contributed by atoms with Crippen molar-refractivity contribution in [1.29, 1.82) is 0 Å². The predicted molar refractivity (Wildman–Crippen MR) is 143 cm³/mol. The van der Waals surface area contributed by atoms with Crippen molar-refractivity contribution in [3.05, 3.63) is 101 Å². The van der Waals surface area contributed by atoms with E-state index in [0.717, 1.165) is 14.2 Å². The fourth-order valence-corrected chi connectivity index (χ4v) is 4.81. The van der Waals surface area contributed by atoms with Gasteiger partial charge >= 0.3 is 10.2 Å². The number of hydrogen-bond acceptors (Lipinski definition) is 3. The van der Waals surface area contributed by atoms with Crippen molar-refractivity contribution in [2.24, 2.45) is 0 Å². The molecular formula is C28H34FN3O3S. The zero-order chi connectivity index (χ0) is 26.7. The number of para-hydroxylation sites is 1. The molecule has 6 nitrogen and oxygen atoms in total. The van der Waals surface area contributed by atoms with Crippen LogP contribution in [0.5, 0.6) is 0 Å². The molecule has 0 aromatic heterocycles. The van der Waals surface area contributed by atoms with Gasteiger partial charge in [-0.2, -0.15) is 12.7 Å². The Morgan fingerprint density at radius 3 is 2.06 bits per heavy atom. The number of hydrogen-bond donors (Lipinski definition) is 1. The molecule has 8 heteroatoms. The first kappa shape index (κ1) is 27.4. The molecule has 0 aliphatic carbocycles. The summed E-state index contributed by atoms with van der Waals surface area (Å²) in [7, 11) is -1.16. The zero-order valence-electron chi connectivity index (χ0n) is 21.6. The first-order valence-corrected chi connectivity index (χ1v) is 13.2. The molecule has 3 rings (SSSR count). The van der Waals surface area contributed by atoms with Crippen molar-refractivity contribution in [3.63, 3.8) is 0 Å². The average Bonchev–Trinajstić information content (AvgIpc) is 2.82. The van der Waals surface area contributed by atoms with E-state index in [-0.39, 0.29) is 29.6 Å². The molecule has 1 atom stereocenters. The molecule has 0 saturated heterocycles. The lowest BCUT2D eigenvalue weighted by atomic mass is 9.86. The number of nitrogens with zero attached hydrogens (tertiary/aromatic N) is 2. The molecule has 1 N–H and O–H groups in total. The van der Waals surface area contributed by atoms with Crippen LogP contribution >= 0.6 is 0 Å². The molecule has 1 amide bonds. The molecule has 0 saturated carbocycles. The van der Waals surface area contributed by atoms with Crippen LogP contribution in [0.15, 0.2) is 72.8 Å². The molecule has 0 bridgehead atoms. The quantitative estimate of drug-likeness (QED) is 0.439. The lowest BCUT2D eigenvalue weighted by Gasteiger charge is -2.27. The van der Waals surface area contributed by atoms with Gasteiger partial charge in [0.2, 0.25) is 0 Å². The highest BCUT2D eigenvalue weighted by Gasteiger charge is 2.27. The second-order valence-electron chi connectivity index (χ2n) is 10.0. The van der Waals surface area contributed by atoms with E-state index in [0.29, 0.717) is 11.1 Å². The summed E-state index contributed by atoms with van der Waals surface area (Å²) in [5.74, 6) is -0.871. The van der Waals surface area contributed by atoms with Crippen LogP contribution in [0.2, 0.25) is 0 Å². The van der Waals surface area contributed by atoms with Gasteiger partial charge in [0, 0.05) is 19.7 Å². The summed E-state index contributed by atoms with van der Waals surface area (Å²) in [6.45, 7) is 8.31. The van der Waals surface area contributed by atoms with Gasteiger partial charge in [-0.05, 0) is 53.3 Å². The number of rotatable bonds is 8. The Morgan fingerprint density at radius 2 is 1.53 bits per heavy atom. The standard InChI is InChI=1S/C28H34FN3O3S/c1-20(22-15-17-24(18-16-22)28(2,3)4)30-27(33)23-13-11-21(12-14-23)19-32(36(34,35)31(5)6)26-10-8-7-9-25(26)29/h7-18,20H,19H2,1-6H3,(H,30,33)/t20-/m0/s1. The first-order chi connectivity index (χ1) is 16.8. The van der Waals surface area contributed by atoms with E-state index < -0.39 is 16.0 Å². The molecule has 0 unspecified atom stereocenters. The average molecular weight is 512 g/mol. The van der Waals surface area contributed by atoms with E-state index in [1.54, 1.807) is 30.3 Å². The molecule has 0 spiro atoms. The second-order valence-corrected chi connectivity index (χ2v) is 12.1. The van der Waals surface area contributed by atoms with Crippen LogP contribution in [0, 0.1) is 5.82 Å². The normalized spacial score (nSPS) is 12.9. The Balaban J connectivity index is 1.75. The van der Waals surface area contributed by atoms with E-state index in [4.69, 9.17) is 0 Å². The molecule has 192 valence electrons. The van der Waals surface area contributed by atoms with Crippen LogP contribution in [0.25, 0.3) is 0 Å². The largest absolute Gasteiger partial charge is 0.346 e. The molecule has 0 aliphatic heterocycles. The van der Waals surface area contributed by atoms with E-state index in [9.17, 15) is 17.6 Å². The smallest absolute Gasteiger partial charge is 0.303 e. The minimum absolute atomic E-state index is 0.0423. The Hall–Kier alpha value is -3.23. The lowest BCUT2D eigenvalue weighted by Crippen LogP contribution is -2.40. The Labute approximate surface area is 213 Å². The van der Waals surface area contributed by atoms with Crippen molar-refractivity contribution < 1.29 is 17.6 Å². The monoisotopic (exact) mass is 511 g/mol. The van der Waals surface area contributed by atoms with Crippen LogP contribution in [0.3, 0.4) is 0 Å². The summed E-state index contributed by atoms with van der Waals surface area (Å²) in [5, 5.41) is 3.00. The fraction of sp³-hybridized carbons (Fsp3) is 0.321. The van der Waals surface area contributed by atoms with Crippen molar-refractivity contribution >= 4 is 21.8 Å². The molecule has 0 aliphatic rings. The summed E-state index contributed by atoms with van der Waals surface area (Å²) in [4.78, 5) is 12.8. The number of nitrogens with one attached hydrogen (secondary N) is 1. The van der Waals surface area contributed by atoms with Gasteiger partial charge in [0.25, 0.3) is 5.91 Å². The van der Waals surface area contributed by atoms with Gasteiger partial charge in [-0.25, -0.2) is 4.39 Å². The molecule has 0 fully saturated rings. The topological polar surface area (TPSA) is 69.7 Å². The number of amides is 1. The maximum absolute atomic E-state index is 14.5. The molecule has 0 radical (unpaired) electrons. The van der Waals surface area contributed by atoms with Gasteiger partial charge in [-0.1, -0.05) is 69.3 Å². The highest BCUT2D eigenvalue weighted by Crippen LogP contribution is 2.26. The number of carbonyl (C=O) groups excluding carboxylic acids is 1. The van der Waals surface area contributed by atoms with Crippen molar-refractivity contribution in [1.82, 2.24) is 9.62 Å². The van der Waals surface area contributed by atoms with Gasteiger partial charge in [-0.15, -0.1) is 0 Å². The van der Waals surface area contributed by atoms with Gasteiger partial charge < -0.3 is 5.32 Å². The lowest BCUT2D eigenvalue weighted by molar-refractivity contribution is 0.0940. The maximum Gasteiger partial charge on any atom is 0.303 e. The summed E-state index contributed by atoms with van der Waals surface area (Å²) < 4.78 is 42.4. The highest BCUT2D eigenvalue weighted by atomic mass is 32.2. The minimum atomic E-state index is -3.95. The summed E-state index contributed by atoms with van der Waals surface area (Å²) in [5.41, 5.74) is 3.30. The van der Waals surface area contributed by atoms with Gasteiger partial charge in [0.15, 0.2) is 0 Å². The fourth-order valence-electron chi connectivity index (χ4n) is 3.70. The van der Waals surface area contributed by atoms with E-state index in [1.165, 1.54) is 37.9 Å². The van der Waals surface area contributed by atoms with Crippen LogP contribution in [0.4, 0.5) is 10.1 Å². The van der Waals surface area contributed by atoms with Crippen LogP contribution in [-0.4, -0.2) is 32.7 Å². The molecular weight excluding hydrogens is 477 g/mol. The molecule has 0 heterocycles. The third-order valence-electron chi connectivity index (χ3n) is 6.03. The Kier molecular flexibility index (Phi) is 8.21. The second kappa shape index (κ2) is 10.8. The highest BCUT2D eigenvalue weighted by molar-refractivity contribution is 7.90. The number of anilines is 1. The van der Waals surface area contributed by atoms with E-state index in [1.807, 2.05) is 19.1 Å². The number of benzene rings is 3. The van der Waals surface area contributed by atoms with Crippen molar-refractivity contribution in [2.75, 3.05) is 18.4 Å². The number of halogens is 1. The SMILES string of the molecule is C[C@H](NC(=O)c1ccc(CN(c2ccccc2F)S(=O)(=O)N(C)C)cc1)c1ccc(C(C)(C)C)cc1. The van der Waals surface area contributed by atoms with Crippen LogP contribution < -0.4 is 9.62 Å². The third kappa shape index (κ3) is 6.30. The van der Waals surface area contributed by atoms with Crippen LogP contribution in [-0.2, 0) is 22.2 Å². The van der Waals surface area contributed by atoms with E-state index in [2.05, 4.69) is 38.2 Å². The third-order valence-corrected chi connectivity index (χ3v) is 7.83. The summed E-state index contributed by atoms with van der Waals surface area (Å²) >= 11 is 0. The number of carbonyl (C=O) groups is 1. The molecule has 36 heavy (non-hydrogen) atoms. The molecule has 3 aromatic carbocycles. The van der Waals surface area contributed by atoms with Crippen LogP contribution in [0.1, 0.15) is 60.8 Å². The maximum atomic E-state index is 14.5. The van der Waals surface area contributed by atoms with E-state index >= 15 is 0 Å². The zero-order valence-corrected chi connectivity index (χ0v) is 22.4. The van der Waals surface area contributed by atoms with Gasteiger partial charge in [0.05, 0.1) is 18.3 Å². The predicted octanol–water partition coefficient (Wildman–Crippen LogP) is 5.43. The Morgan fingerprint density at radius 1 is 0.944 bits per heavy atom. The molecule has 3 aromatic rings. The first-order valence-electron chi connectivity index (χ1n) is 11.8.